The summed E-state index contributed by atoms with van der Waals surface area (Å²) < 4.78 is 5.42. The van der Waals surface area contributed by atoms with Crippen molar-refractivity contribution < 1.29 is 14.3 Å². The highest BCUT2D eigenvalue weighted by Gasteiger charge is 2.29. The van der Waals surface area contributed by atoms with Gasteiger partial charge < -0.3 is 14.5 Å². The van der Waals surface area contributed by atoms with E-state index in [1.807, 2.05) is 21.9 Å². The Balaban J connectivity index is 1.48. The molecular weight excluding hydrogens is 352 g/mol. The number of benzene rings is 1. The van der Waals surface area contributed by atoms with Crippen LogP contribution in [0.15, 0.2) is 30.3 Å². The number of ether oxygens (including phenoxy) is 1. The molecule has 0 aliphatic carbocycles. The Hall–Kier alpha value is -1.85. The van der Waals surface area contributed by atoms with E-state index in [2.05, 4.69) is 0 Å². The van der Waals surface area contributed by atoms with Crippen LogP contribution in [0.25, 0.3) is 6.08 Å². The van der Waals surface area contributed by atoms with E-state index < -0.39 is 0 Å². The molecule has 0 N–H and O–H groups in total. The van der Waals surface area contributed by atoms with E-state index in [-0.39, 0.29) is 17.7 Å². The Labute approximate surface area is 159 Å². The molecule has 140 valence electrons. The molecule has 26 heavy (non-hydrogen) atoms. The number of nitrogens with zero attached hydrogens (tertiary/aromatic N) is 2. The number of hydrogen-bond acceptors (Lipinski definition) is 3. The van der Waals surface area contributed by atoms with Crippen molar-refractivity contribution in [3.8, 4) is 0 Å². The van der Waals surface area contributed by atoms with Gasteiger partial charge >= 0.3 is 0 Å². The highest BCUT2D eigenvalue weighted by atomic mass is 35.5. The fraction of sp³-hybridized carbons (Fsp3) is 0.500. The number of hydrogen-bond donors (Lipinski definition) is 0. The topological polar surface area (TPSA) is 49.9 Å². The fourth-order valence-electron chi connectivity index (χ4n) is 3.42. The average molecular weight is 377 g/mol. The number of piperidine rings is 1. The van der Waals surface area contributed by atoms with Gasteiger partial charge in [0.15, 0.2) is 0 Å². The van der Waals surface area contributed by atoms with Crippen molar-refractivity contribution in [1.29, 1.82) is 0 Å². The number of rotatable bonds is 3. The van der Waals surface area contributed by atoms with E-state index in [4.69, 9.17) is 16.3 Å². The Morgan fingerprint density at radius 2 is 1.73 bits per heavy atom. The van der Waals surface area contributed by atoms with Crippen molar-refractivity contribution in [2.45, 2.75) is 19.3 Å². The standard InChI is InChI=1S/C20H25ClN2O3/c21-18-5-2-16(3-6-18)4-7-19(24)22-11-8-17(9-12-22)20(25)23-10-1-14-26-15-13-23/h2-7,17H,1,8-15H2/b7-4+. The zero-order valence-corrected chi connectivity index (χ0v) is 15.7. The zero-order chi connectivity index (χ0) is 18.4. The monoisotopic (exact) mass is 376 g/mol. The van der Waals surface area contributed by atoms with Crippen LogP contribution in [0.4, 0.5) is 0 Å². The van der Waals surface area contributed by atoms with Gasteiger partial charge in [0.25, 0.3) is 0 Å². The third-order valence-corrected chi connectivity index (χ3v) is 5.23. The van der Waals surface area contributed by atoms with Crippen LogP contribution in [0.3, 0.4) is 0 Å². The van der Waals surface area contributed by atoms with E-state index in [0.717, 1.165) is 38.0 Å². The van der Waals surface area contributed by atoms with Crippen LogP contribution >= 0.6 is 11.6 Å². The Morgan fingerprint density at radius 1 is 1.00 bits per heavy atom. The molecule has 3 rings (SSSR count). The van der Waals surface area contributed by atoms with Gasteiger partial charge in [-0.2, -0.15) is 0 Å². The van der Waals surface area contributed by atoms with Gasteiger partial charge in [0.05, 0.1) is 6.61 Å². The molecule has 2 fully saturated rings. The maximum Gasteiger partial charge on any atom is 0.246 e. The molecule has 2 saturated heterocycles. The number of amides is 2. The van der Waals surface area contributed by atoms with Crippen LogP contribution in [0.5, 0.6) is 0 Å². The van der Waals surface area contributed by atoms with Gasteiger partial charge in [0, 0.05) is 49.8 Å². The summed E-state index contributed by atoms with van der Waals surface area (Å²) in [5.41, 5.74) is 0.941. The maximum absolute atomic E-state index is 12.7. The van der Waals surface area contributed by atoms with Gasteiger partial charge in [-0.25, -0.2) is 0 Å². The molecule has 0 radical (unpaired) electrons. The first kappa shape index (κ1) is 18.9. The minimum absolute atomic E-state index is 0.00554. The third-order valence-electron chi connectivity index (χ3n) is 4.98. The highest BCUT2D eigenvalue weighted by molar-refractivity contribution is 6.30. The van der Waals surface area contributed by atoms with Crippen LogP contribution in [-0.4, -0.2) is 61.0 Å². The van der Waals surface area contributed by atoms with Gasteiger partial charge in [-0.3, -0.25) is 9.59 Å². The molecular formula is C20H25ClN2O3. The summed E-state index contributed by atoms with van der Waals surface area (Å²) in [5, 5.41) is 0.677. The molecule has 0 unspecified atom stereocenters. The molecule has 1 aromatic carbocycles. The second kappa shape index (κ2) is 9.19. The van der Waals surface area contributed by atoms with E-state index in [1.165, 1.54) is 0 Å². The maximum atomic E-state index is 12.7. The molecule has 0 saturated carbocycles. The van der Waals surface area contributed by atoms with Crippen LogP contribution in [0.1, 0.15) is 24.8 Å². The van der Waals surface area contributed by atoms with Gasteiger partial charge in [0.2, 0.25) is 11.8 Å². The molecule has 0 spiro atoms. The Morgan fingerprint density at radius 3 is 2.46 bits per heavy atom. The molecule has 1 aromatic rings. The van der Waals surface area contributed by atoms with Crippen LogP contribution in [0.2, 0.25) is 5.02 Å². The van der Waals surface area contributed by atoms with Gasteiger partial charge in [0.1, 0.15) is 0 Å². The second-order valence-electron chi connectivity index (χ2n) is 6.78. The van der Waals surface area contributed by atoms with Crippen molar-refractivity contribution in [2.75, 3.05) is 39.4 Å². The van der Waals surface area contributed by atoms with Gasteiger partial charge in [-0.1, -0.05) is 23.7 Å². The van der Waals surface area contributed by atoms with Crippen molar-refractivity contribution in [2.24, 2.45) is 5.92 Å². The molecule has 6 heteroatoms. The Kier molecular flexibility index (Phi) is 6.69. The smallest absolute Gasteiger partial charge is 0.246 e. The molecule has 5 nitrogen and oxygen atoms in total. The van der Waals surface area contributed by atoms with E-state index in [0.29, 0.717) is 31.3 Å². The highest BCUT2D eigenvalue weighted by Crippen LogP contribution is 2.21. The molecule has 2 heterocycles. The molecule has 0 bridgehead atoms. The van der Waals surface area contributed by atoms with Crippen LogP contribution in [-0.2, 0) is 14.3 Å². The van der Waals surface area contributed by atoms with Gasteiger partial charge in [-0.05, 0) is 43.0 Å². The predicted octanol–water partition coefficient (Wildman–Crippen LogP) is 2.84. The zero-order valence-electron chi connectivity index (χ0n) is 14.9. The summed E-state index contributed by atoms with van der Waals surface area (Å²) in [6.07, 6.45) is 5.76. The van der Waals surface area contributed by atoms with Gasteiger partial charge in [-0.15, -0.1) is 0 Å². The quantitative estimate of drug-likeness (QED) is 0.762. The molecule has 2 amide bonds. The summed E-state index contributed by atoms with van der Waals surface area (Å²) in [4.78, 5) is 28.8. The van der Waals surface area contributed by atoms with Crippen LogP contribution in [0, 0.1) is 5.92 Å². The lowest BCUT2D eigenvalue weighted by molar-refractivity contribution is -0.139. The molecule has 0 aromatic heterocycles. The number of likely N-dealkylation sites (tertiary alicyclic amines) is 1. The third kappa shape index (κ3) is 5.08. The predicted molar refractivity (Wildman–Crippen MR) is 102 cm³/mol. The molecule has 2 aliphatic heterocycles. The first-order valence-corrected chi connectivity index (χ1v) is 9.60. The summed E-state index contributed by atoms with van der Waals surface area (Å²) in [5.74, 6) is 0.241. The normalized spacial score (nSPS) is 19.6. The number of carbonyl (C=O) groups excluding carboxylic acids is 2. The lowest BCUT2D eigenvalue weighted by Gasteiger charge is -2.33. The SMILES string of the molecule is O=C(/C=C/c1ccc(Cl)cc1)N1CCC(C(=O)N2CCCOCC2)CC1. The van der Waals surface area contributed by atoms with E-state index in [1.54, 1.807) is 24.3 Å². The van der Waals surface area contributed by atoms with Crippen LogP contribution < -0.4 is 0 Å². The summed E-state index contributed by atoms with van der Waals surface area (Å²) in [6.45, 7) is 4.08. The Bertz CT molecular complexity index is 644. The van der Waals surface area contributed by atoms with E-state index in [9.17, 15) is 9.59 Å². The summed E-state index contributed by atoms with van der Waals surface area (Å²) in [7, 11) is 0. The van der Waals surface area contributed by atoms with Crippen molar-refractivity contribution in [3.63, 3.8) is 0 Å². The molecule has 0 atom stereocenters. The largest absolute Gasteiger partial charge is 0.380 e. The lowest BCUT2D eigenvalue weighted by atomic mass is 9.95. The lowest BCUT2D eigenvalue weighted by Crippen LogP contribution is -2.44. The summed E-state index contributed by atoms with van der Waals surface area (Å²) >= 11 is 5.86. The average Bonchev–Trinajstić information content (AvgIpc) is 2.96. The van der Waals surface area contributed by atoms with Crippen molar-refractivity contribution in [3.05, 3.63) is 40.9 Å². The second-order valence-corrected chi connectivity index (χ2v) is 7.21. The minimum Gasteiger partial charge on any atom is -0.380 e. The first-order valence-electron chi connectivity index (χ1n) is 9.22. The summed E-state index contributed by atoms with van der Waals surface area (Å²) in [6, 6.07) is 7.36. The van der Waals surface area contributed by atoms with Crippen molar-refractivity contribution in [1.82, 2.24) is 9.80 Å². The minimum atomic E-state index is -0.00554. The van der Waals surface area contributed by atoms with E-state index >= 15 is 0 Å². The molecule has 2 aliphatic rings. The fourth-order valence-corrected chi connectivity index (χ4v) is 3.54. The number of carbonyl (C=O) groups is 2. The van der Waals surface area contributed by atoms with Crippen molar-refractivity contribution >= 4 is 29.5 Å². The first-order chi connectivity index (χ1) is 12.6. The number of halogens is 1.